The van der Waals surface area contributed by atoms with E-state index in [0.29, 0.717) is 6.54 Å². The topological polar surface area (TPSA) is 49.8 Å². The maximum Gasteiger partial charge on any atom is 0.415 e. The molecule has 0 radical (unpaired) electrons. The van der Waals surface area contributed by atoms with E-state index in [4.69, 9.17) is 9.84 Å². The quantitative estimate of drug-likeness (QED) is 0.775. The molecule has 0 unspecified atom stereocenters. The molecule has 0 aromatic carbocycles. The third kappa shape index (κ3) is 1.52. The van der Waals surface area contributed by atoms with Crippen LogP contribution in [-0.4, -0.2) is 30.5 Å². The molecule has 4 nitrogen and oxygen atoms in total. The summed E-state index contributed by atoms with van der Waals surface area (Å²) in [6.07, 6.45) is -0.754. The van der Waals surface area contributed by atoms with E-state index in [1.54, 1.807) is 0 Å². The molecule has 0 spiro atoms. The number of aliphatic hydroxyl groups excluding tert-OH is 1. The molecule has 13 heavy (non-hydrogen) atoms. The molecule has 1 aliphatic heterocycles. The van der Waals surface area contributed by atoms with Gasteiger partial charge in [0.05, 0.1) is 13.2 Å². The molecule has 1 atom stereocenters. The monoisotopic (exact) mass is 199 g/mol. The summed E-state index contributed by atoms with van der Waals surface area (Å²) in [6, 6.07) is 3.73. The average Bonchev–Trinajstić information content (AvgIpc) is 2.72. The number of nitrogens with zero attached hydrogens (tertiary/aromatic N) is 1. The predicted octanol–water partition coefficient (Wildman–Crippen LogP) is 1.07. The number of cyclic esters (lactones) is 1. The molecule has 1 aliphatic rings. The molecule has 2 heterocycles. The fourth-order valence-electron chi connectivity index (χ4n) is 1.22. The zero-order valence-corrected chi connectivity index (χ0v) is 7.66. The van der Waals surface area contributed by atoms with E-state index in [-0.39, 0.29) is 18.8 Å². The molecule has 5 heteroatoms. The molecule has 1 aromatic heterocycles. The van der Waals surface area contributed by atoms with E-state index in [2.05, 4.69) is 0 Å². The molecule has 2 rings (SSSR count). The van der Waals surface area contributed by atoms with Crippen LogP contribution < -0.4 is 4.90 Å². The third-order valence-corrected chi connectivity index (χ3v) is 2.74. The number of carbonyl (C=O) groups excluding carboxylic acids is 1. The molecule has 1 aromatic rings. The summed E-state index contributed by atoms with van der Waals surface area (Å²) in [5.74, 6) is 0. The van der Waals surface area contributed by atoms with Crippen LogP contribution in [0.5, 0.6) is 0 Å². The summed E-state index contributed by atoms with van der Waals surface area (Å²) in [4.78, 5) is 12.8. The van der Waals surface area contributed by atoms with Gasteiger partial charge in [-0.15, -0.1) is 11.3 Å². The molecule has 70 valence electrons. The first-order chi connectivity index (χ1) is 6.31. The fourth-order valence-corrected chi connectivity index (χ4v) is 1.95. The van der Waals surface area contributed by atoms with E-state index in [0.717, 1.165) is 5.00 Å². The van der Waals surface area contributed by atoms with Crippen molar-refractivity contribution in [3.63, 3.8) is 0 Å². The summed E-state index contributed by atoms with van der Waals surface area (Å²) in [6.45, 7) is 0.323. The smallest absolute Gasteiger partial charge is 0.415 e. The normalized spacial score (nSPS) is 22.1. The van der Waals surface area contributed by atoms with Gasteiger partial charge >= 0.3 is 6.09 Å². The van der Waals surface area contributed by atoms with E-state index in [1.807, 2.05) is 17.5 Å². The van der Waals surface area contributed by atoms with E-state index in [1.165, 1.54) is 16.2 Å². The lowest BCUT2D eigenvalue weighted by atomic mass is 10.4. The molecule has 0 aliphatic carbocycles. The Hall–Kier alpha value is -1.07. The van der Waals surface area contributed by atoms with Crippen LogP contribution in [0.3, 0.4) is 0 Å². The Morgan fingerprint density at radius 1 is 1.77 bits per heavy atom. The highest BCUT2D eigenvalue weighted by Gasteiger charge is 2.32. The van der Waals surface area contributed by atoms with Gasteiger partial charge in [-0.2, -0.15) is 0 Å². The Balaban J connectivity index is 2.14. The highest BCUT2D eigenvalue weighted by molar-refractivity contribution is 7.14. The second kappa shape index (κ2) is 3.35. The maximum absolute atomic E-state index is 11.2. The van der Waals surface area contributed by atoms with Crippen molar-refractivity contribution in [3.05, 3.63) is 17.5 Å². The molecular weight excluding hydrogens is 190 g/mol. The summed E-state index contributed by atoms with van der Waals surface area (Å²) >= 11 is 1.48. The van der Waals surface area contributed by atoms with Crippen molar-refractivity contribution in [2.75, 3.05) is 18.1 Å². The summed E-state index contributed by atoms with van der Waals surface area (Å²) in [5, 5.41) is 11.6. The lowest BCUT2D eigenvalue weighted by Crippen LogP contribution is -2.24. The minimum Gasteiger partial charge on any atom is -0.441 e. The van der Waals surface area contributed by atoms with Gasteiger partial charge in [0, 0.05) is 0 Å². The maximum atomic E-state index is 11.2. The number of ether oxygens (including phenoxy) is 1. The van der Waals surface area contributed by atoms with Gasteiger partial charge in [0.2, 0.25) is 0 Å². The third-order valence-electron chi connectivity index (χ3n) is 1.85. The lowest BCUT2D eigenvalue weighted by Gasteiger charge is -2.08. The van der Waals surface area contributed by atoms with Crippen molar-refractivity contribution in [1.82, 2.24) is 0 Å². The van der Waals surface area contributed by atoms with Gasteiger partial charge in [-0.3, -0.25) is 4.90 Å². The second-order valence-electron chi connectivity index (χ2n) is 2.75. The number of anilines is 1. The number of hydrogen-bond acceptors (Lipinski definition) is 4. The molecule has 1 N–H and O–H groups in total. The van der Waals surface area contributed by atoms with Crippen molar-refractivity contribution < 1.29 is 14.6 Å². The van der Waals surface area contributed by atoms with Crippen molar-refractivity contribution in [3.8, 4) is 0 Å². The Kier molecular flexibility index (Phi) is 2.20. The van der Waals surface area contributed by atoms with E-state index < -0.39 is 0 Å². The Bertz CT molecular complexity index is 298. The Morgan fingerprint density at radius 2 is 2.62 bits per heavy atom. The fraction of sp³-hybridized carbons (Fsp3) is 0.375. The molecule has 1 amide bonds. The first-order valence-electron chi connectivity index (χ1n) is 3.94. The van der Waals surface area contributed by atoms with Gasteiger partial charge in [-0.1, -0.05) is 0 Å². The molecular formula is C8H9NO3S. The molecule has 1 fully saturated rings. The standard InChI is InChI=1S/C8H9NO3S/c10-5-6-4-9(8(11)12-6)7-2-1-3-13-7/h1-3,6,10H,4-5H2/t6-/m1/s1. The van der Waals surface area contributed by atoms with Crippen molar-refractivity contribution in [2.24, 2.45) is 0 Å². The van der Waals surface area contributed by atoms with Crippen molar-refractivity contribution in [1.29, 1.82) is 0 Å². The summed E-state index contributed by atoms with van der Waals surface area (Å²) in [7, 11) is 0. The second-order valence-corrected chi connectivity index (χ2v) is 3.68. The Labute approximate surface area is 79.4 Å². The Morgan fingerprint density at radius 3 is 3.15 bits per heavy atom. The van der Waals surface area contributed by atoms with Gasteiger partial charge in [-0.05, 0) is 17.5 Å². The summed E-state index contributed by atoms with van der Waals surface area (Å²) < 4.78 is 4.89. The molecule has 0 bridgehead atoms. The highest BCUT2D eigenvalue weighted by Crippen LogP contribution is 2.25. The first-order valence-corrected chi connectivity index (χ1v) is 4.81. The number of hydrogen-bond donors (Lipinski definition) is 1. The van der Waals surface area contributed by atoms with Gasteiger partial charge in [0.1, 0.15) is 11.1 Å². The SMILES string of the molecule is O=C1O[C@@H](CO)CN1c1cccs1. The van der Waals surface area contributed by atoms with Gasteiger partial charge < -0.3 is 9.84 Å². The average molecular weight is 199 g/mol. The van der Waals surface area contributed by atoms with Crippen LogP contribution in [0.1, 0.15) is 0 Å². The van der Waals surface area contributed by atoms with Gasteiger partial charge in [0.15, 0.2) is 0 Å². The minimum absolute atomic E-state index is 0.117. The van der Waals surface area contributed by atoms with Gasteiger partial charge in [0.25, 0.3) is 0 Å². The lowest BCUT2D eigenvalue weighted by molar-refractivity contribution is 0.0963. The number of amides is 1. The van der Waals surface area contributed by atoms with Crippen LogP contribution in [-0.2, 0) is 4.74 Å². The largest absolute Gasteiger partial charge is 0.441 e. The number of carbonyl (C=O) groups is 1. The van der Waals surface area contributed by atoms with Crippen LogP contribution in [0.25, 0.3) is 0 Å². The van der Waals surface area contributed by atoms with Crippen molar-refractivity contribution >= 4 is 22.4 Å². The number of aliphatic hydroxyl groups is 1. The zero-order valence-electron chi connectivity index (χ0n) is 6.84. The van der Waals surface area contributed by atoms with Crippen LogP contribution in [0, 0.1) is 0 Å². The highest BCUT2D eigenvalue weighted by atomic mass is 32.1. The van der Waals surface area contributed by atoms with Crippen LogP contribution in [0.4, 0.5) is 9.80 Å². The molecule has 1 saturated heterocycles. The zero-order chi connectivity index (χ0) is 9.26. The van der Waals surface area contributed by atoms with Crippen LogP contribution >= 0.6 is 11.3 Å². The van der Waals surface area contributed by atoms with Crippen molar-refractivity contribution in [2.45, 2.75) is 6.10 Å². The minimum atomic E-state index is -0.380. The number of rotatable bonds is 2. The van der Waals surface area contributed by atoms with E-state index in [9.17, 15) is 4.79 Å². The van der Waals surface area contributed by atoms with Gasteiger partial charge in [-0.25, -0.2) is 4.79 Å². The van der Waals surface area contributed by atoms with E-state index >= 15 is 0 Å². The molecule has 0 saturated carbocycles. The predicted molar refractivity (Wildman–Crippen MR) is 49.0 cm³/mol. The first kappa shape index (κ1) is 8.52. The van der Waals surface area contributed by atoms with Crippen LogP contribution in [0.2, 0.25) is 0 Å². The summed E-state index contributed by atoms with van der Waals surface area (Å²) in [5.41, 5.74) is 0. The number of thiophene rings is 1. The van der Waals surface area contributed by atoms with Crippen LogP contribution in [0.15, 0.2) is 17.5 Å².